The van der Waals surface area contributed by atoms with Crippen LogP contribution in [0.15, 0.2) is 54.6 Å². The normalized spacial score (nSPS) is 16.1. The molecule has 6 nitrogen and oxygen atoms in total. The van der Waals surface area contributed by atoms with Crippen molar-refractivity contribution in [2.45, 2.75) is 32.6 Å². The molecule has 2 aromatic rings. The fraction of sp³-hybridized carbons (Fsp3) is 0.318. The van der Waals surface area contributed by atoms with Crippen molar-refractivity contribution < 1.29 is 14.4 Å². The molecule has 0 aliphatic carbocycles. The smallest absolute Gasteiger partial charge is 0.269 e. The molecular formula is C22H25N3O3. The maximum atomic E-state index is 12.4. The third-order valence-corrected chi connectivity index (χ3v) is 4.90. The van der Waals surface area contributed by atoms with Gasteiger partial charge in [0, 0.05) is 24.2 Å². The number of nitrogens with zero attached hydrogens (tertiary/aromatic N) is 1. The Morgan fingerprint density at radius 2 is 1.75 bits per heavy atom. The Hall–Kier alpha value is -3.15. The van der Waals surface area contributed by atoms with Gasteiger partial charge >= 0.3 is 0 Å². The number of rotatable bonds is 6. The van der Waals surface area contributed by atoms with E-state index in [1.54, 1.807) is 29.2 Å². The van der Waals surface area contributed by atoms with E-state index in [9.17, 15) is 14.4 Å². The van der Waals surface area contributed by atoms with Gasteiger partial charge < -0.3 is 4.90 Å². The van der Waals surface area contributed by atoms with Crippen molar-refractivity contribution in [1.29, 1.82) is 0 Å². The van der Waals surface area contributed by atoms with Crippen molar-refractivity contribution in [3.63, 3.8) is 0 Å². The number of amides is 3. The van der Waals surface area contributed by atoms with Crippen LogP contribution in [0.1, 0.15) is 42.1 Å². The van der Waals surface area contributed by atoms with Gasteiger partial charge in [0.2, 0.25) is 11.8 Å². The summed E-state index contributed by atoms with van der Waals surface area (Å²) in [7, 11) is 0. The lowest BCUT2D eigenvalue weighted by Gasteiger charge is -2.17. The minimum absolute atomic E-state index is 0.0872. The van der Waals surface area contributed by atoms with Gasteiger partial charge in [0.25, 0.3) is 5.91 Å². The van der Waals surface area contributed by atoms with Crippen molar-refractivity contribution in [3.8, 4) is 0 Å². The zero-order chi connectivity index (χ0) is 19.9. The zero-order valence-electron chi connectivity index (χ0n) is 16.0. The highest BCUT2D eigenvalue weighted by Crippen LogP contribution is 2.25. The minimum atomic E-state index is -0.497. The van der Waals surface area contributed by atoms with Crippen LogP contribution in [-0.4, -0.2) is 24.3 Å². The van der Waals surface area contributed by atoms with Gasteiger partial charge in [0.15, 0.2) is 0 Å². The van der Waals surface area contributed by atoms with Crippen molar-refractivity contribution in [1.82, 2.24) is 10.9 Å². The summed E-state index contributed by atoms with van der Waals surface area (Å²) in [6.45, 7) is 2.46. The standard InChI is InChI=1S/C22H25N3O3/c1-2-3-7-16-10-12-19(13-11-16)25-15-18(14-20(25)26)22(28)24-23-21(27)17-8-5-4-6-9-17/h4-6,8-13,18H,2-3,7,14-15H2,1H3,(H,23,27)(H,24,28). The van der Waals surface area contributed by atoms with Crippen LogP contribution in [-0.2, 0) is 16.0 Å². The Labute approximate surface area is 164 Å². The first kappa shape index (κ1) is 19.6. The molecule has 1 aliphatic rings. The molecule has 1 unspecified atom stereocenters. The maximum Gasteiger partial charge on any atom is 0.269 e. The van der Waals surface area contributed by atoms with Crippen LogP contribution in [0.5, 0.6) is 0 Å². The first-order valence-electron chi connectivity index (χ1n) is 9.63. The molecule has 1 saturated heterocycles. The number of hydrazine groups is 1. The quantitative estimate of drug-likeness (QED) is 0.758. The van der Waals surface area contributed by atoms with Gasteiger partial charge in [-0.2, -0.15) is 0 Å². The lowest BCUT2D eigenvalue weighted by atomic mass is 10.1. The van der Waals surface area contributed by atoms with Crippen molar-refractivity contribution in [3.05, 3.63) is 65.7 Å². The Morgan fingerprint density at radius 3 is 2.43 bits per heavy atom. The SMILES string of the molecule is CCCCc1ccc(N2CC(C(=O)NNC(=O)c3ccccc3)CC2=O)cc1. The van der Waals surface area contributed by atoms with E-state index in [1.165, 1.54) is 5.56 Å². The number of carbonyl (C=O) groups is 3. The molecule has 28 heavy (non-hydrogen) atoms. The topological polar surface area (TPSA) is 78.5 Å². The highest BCUT2D eigenvalue weighted by molar-refractivity contribution is 6.01. The number of hydrogen-bond donors (Lipinski definition) is 2. The summed E-state index contributed by atoms with van der Waals surface area (Å²) in [5.41, 5.74) is 7.33. The Bertz CT molecular complexity index is 834. The summed E-state index contributed by atoms with van der Waals surface area (Å²) >= 11 is 0. The van der Waals surface area contributed by atoms with Gasteiger partial charge in [0.1, 0.15) is 0 Å². The minimum Gasteiger partial charge on any atom is -0.312 e. The second kappa shape index (κ2) is 9.17. The number of carbonyl (C=O) groups excluding carboxylic acids is 3. The molecule has 1 atom stereocenters. The lowest BCUT2D eigenvalue weighted by molar-refractivity contribution is -0.126. The summed E-state index contributed by atoms with van der Waals surface area (Å²) in [5.74, 6) is -1.34. The monoisotopic (exact) mass is 379 g/mol. The molecule has 1 heterocycles. The number of hydrogen-bond acceptors (Lipinski definition) is 3. The van der Waals surface area contributed by atoms with E-state index in [1.807, 2.05) is 30.3 Å². The van der Waals surface area contributed by atoms with Crippen molar-refractivity contribution >= 4 is 23.4 Å². The summed E-state index contributed by atoms with van der Waals surface area (Å²) in [5, 5.41) is 0. The second-order valence-corrected chi connectivity index (χ2v) is 6.98. The van der Waals surface area contributed by atoms with E-state index in [-0.39, 0.29) is 18.2 Å². The number of aryl methyl sites for hydroxylation is 1. The van der Waals surface area contributed by atoms with Crippen LogP contribution >= 0.6 is 0 Å². The zero-order valence-corrected chi connectivity index (χ0v) is 16.0. The maximum absolute atomic E-state index is 12.4. The third kappa shape index (κ3) is 4.76. The van der Waals surface area contributed by atoms with Crippen LogP contribution in [0, 0.1) is 5.92 Å². The highest BCUT2D eigenvalue weighted by atomic mass is 16.2. The molecule has 0 saturated carbocycles. The molecule has 6 heteroatoms. The molecule has 3 rings (SSSR count). The van der Waals surface area contributed by atoms with E-state index >= 15 is 0 Å². The molecule has 0 bridgehead atoms. The fourth-order valence-electron chi connectivity index (χ4n) is 3.24. The number of anilines is 1. The van der Waals surface area contributed by atoms with Crippen LogP contribution < -0.4 is 15.8 Å². The summed E-state index contributed by atoms with van der Waals surface area (Å²) in [4.78, 5) is 38.4. The molecular weight excluding hydrogens is 354 g/mol. The molecule has 1 fully saturated rings. The van der Waals surface area contributed by atoms with Crippen molar-refractivity contribution in [2.24, 2.45) is 5.92 Å². The molecule has 1 aliphatic heterocycles. The van der Waals surface area contributed by atoms with Crippen molar-refractivity contribution in [2.75, 3.05) is 11.4 Å². The van der Waals surface area contributed by atoms with Crippen LogP contribution in [0.3, 0.4) is 0 Å². The molecule has 3 amide bonds. The van der Waals surface area contributed by atoms with Gasteiger partial charge in [-0.1, -0.05) is 43.7 Å². The lowest BCUT2D eigenvalue weighted by Crippen LogP contribution is -2.45. The molecule has 2 N–H and O–H groups in total. The number of benzene rings is 2. The van der Waals surface area contributed by atoms with E-state index in [4.69, 9.17) is 0 Å². The second-order valence-electron chi connectivity index (χ2n) is 6.98. The van der Waals surface area contributed by atoms with E-state index in [2.05, 4.69) is 17.8 Å². The highest BCUT2D eigenvalue weighted by Gasteiger charge is 2.35. The largest absolute Gasteiger partial charge is 0.312 e. The molecule has 2 aromatic carbocycles. The first-order chi connectivity index (χ1) is 13.6. The summed E-state index contributed by atoms with van der Waals surface area (Å²) < 4.78 is 0. The van der Waals surface area contributed by atoms with E-state index in [0.29, 0.717) is 12.1 Å². The molecule has 146 valence electrons. The Kier molecular flexibility index (Phi) is 6.42. The van der Waals surface area contributed by atoms with Gasteiger partial charge in [-0.25, -0.2) is 0 Å². The number of unbranched alkanes of at least 4 members (excludes halogenated alkanes) is 1. The van der Waals surface area contributed by atoms with E-state index < -0.39 is 11.8 Å². The van der Waals surface area contributed by atoms with Crippen LogP contribution in [0.4, 0.5) is 5.69 Å². The van der Waals surface area contributed by atoms with E-state index in [0.717, 1.165) is 24.9 Å². The average molecular weight is 379 g/mol. The third-order valence-electron chi connectivity index (χ3n) is 4.90. The molecule has 0 spiro atoms. The number of nitrogens with one attached hydrogen (secondary N) is 2. The average Bonchev–Trinajstić information content (AvgIpc) is 3.13. The van der Waals surface area contributed by atoms with Crippen LogP contribution in [0.2, 0.25) is 0 Å². The van der Waals surface area contributed by atoms with Gasteiger partial charge in [0.05, 0.1) is 5.92 Å². The molecule has 0 radical (unpaired) electrons. The van der Waals surface area contributed by atoms with Gasteiger partial charge in [-0.05, 0) is 42.7 Å². The Morgan fingerprint density at radius 1 is 1.04 bits per heavy atom. The van der Waals surface area contributed by atoms with Gasteiger partial charge in [-0.15, -0.1) is 0 Å². The summed E-state index contributed by atoms with van der Waals surface area (Å²) in [6.07, 6.45) is 3.43. The fourth-order valence-corrected chi connectivity index (χ4v) is 3.24. The Balaban J connectivity index is 1.54. The first-order valence-corrected chi connectivity index (χ1v) is 9.63. The predicted molar refractivity (Wildman–Crippen MR) is 108 cm³/mol. The molecule has 0 aromatic heterocycles. The summed E-state index contributed by atoms with van der Waals surface area (Å²) in [6, 6.07) is 16.6. The van der Waals surface area contributed by atoms with Crippen LogP contribution in [0.25, 0.3) is 0 Å². The van der Waals surface area contributed by atoms with Gasteiger partial charge in [-0.3, -0.25) is 25.2 Å². The predicted octanol–water partition coefficient (Wildman–Crippen LogP) is 2.84.